The second kappa shape index (κ2) is 7.53. The number of amides is 1. The fraction of sp³-hybridized carbons (Fsp3) is 0.316. The Morgan fingerprint density at radius 2 is 2.00 bits per heavy atom. The number of carbonyl (C=O) groups is 1. The molecule has 0 saturated carbocycles. The molecule has 0 fully saturated rings. The normalized spacial score (nSPS) is 11.0. The molecule has 2 heterocycles. The van der Waals surface area contributed by atoms with Crippen molar-refractivity contribution in [3.63, 3.8) is 0 Å². The van der Waals surface area contributed by atoms with Crippen LogP contribution in [0.5, 0.6) is 0 Å². The molecule has 0 unspecified atom stereocenters. The van der Waals surface area contributed by atoms with Gasteiger partial charge >= 0.3 is 5.69 Å². The van der Waals surface area contributed by atoms with Gasteiger partial charge in [-0.15, -0.1) is 0 Å². The summed E-state index contributed by atoms with van der Waals surface area (Å²) < 4.78 is 6.91. The maximum atomic E-state index is 13.0. The summed E-state index contributed by atoms with van der Waals surface area (Å²) >= 11 is 0. The second-order valence-electron chi connectivity index (χ2n) is 6.20. The first-order valence-corrected chi connectivity index (χ1v) is 8.91. The highest BCUT2D eigenvalue weighted by Crippen LogP contribution is 2.23. The average Bonchev–Trinajstić information content (AvgIpc) is 3.08. The third kappa shape index (κ3) is 3.38. The predicted molar refractivity (Wildman–Crippen MR) is 104 cm³/mol. The summed E-state index contributed by atoms with van der Waals surface area (Å²) in [6.45, 7) is 4.26. The number of H-pyrrole nitrogens is 1. The van der Waals surface area contributed by atoms with Gasteiger partial charge < -0.3 is 10.2 Å². The zero-order chi connectivity index (χ0) is 19.6. The number of benzene rings is 1. The highest BCUT2D eigenvalue weighted by atomic mass is 16.3. The SMILES string of the molecule is CCCCn1c(N)c(N(CC)C(=O)c2cc3ccccc3o2)c(=O)[nH]c1=O. The van der Waals surface area contributed by atoms with Gasteiger partial charge in [0.05, 0.1) is 0 Å². The number of nitrogens with zero attached hydrogens (tertiary/aromatic N) is 2. The van der Waals surface area contributed by atoms with E-state index in [1.54, 1.807) is 19.1 Å². The molecular formula is C19H22N4O4. The number of unbranched alkanes of at least 4 members (excludes halogenated alkanes) is 1. The standard InChI is InChI=1S/C19H22N4O4/c1-3-5-10-23-16(20)15(17(24)21-19(23)26)22(4-2)18(25)14-11-12-8-6-7-9-13(12)27-14/h6-9,11H,3-5,10,20H2,1-2H3,(H,21,24,26). The fourth-order valence-electron chi connectivity index (χ4n) is 3.00. The lowest BCUT2D eigenvalue weighted by atomic mass is 10.2. The number of carbonyl (C=O) groups excluding carboxylic acids is 1. The predicted octanol–water partition coefficient (Wildman–Crippen LogP) is 2.33. The fourth-order valence-corrected chi connectivity index (χ4v) is 3.00. The molecule has 0 atom stereocenters. The molecule has 0 saturated heterocycles. The largest absolute Gasteiger partial charge is 0.451 e. The molecule has 3 aromatic rings. The van der Waals surface area contributed by atoms with Gasteiger partial charge in [0.15, 0.2) is 11.4 Å². The van der Waals surface area contributed by atoms with E-state index >= 15 is 0 Å². The van der Waals surface area contributed by atoms with Gasteiger partial charge in [-0.25, -0.2) is 4.79 Å². The zero-order valence-corrected chi connectivity index (χ0v) is 15.3. The van der Waals surface area contributed by atoms with Crippen molar-refractivity contribution >= 4 is 28.4 Å². The maximum Gasteiger partial charge on any atom is 0.330 e. The first-order valence-electron chi connectivity index (χ1n) is 8.91. The lowest BCUT2D eigenvalue weighted by Crippen LogP contribution is -2.41. The van der Waals surface area contributed by atoms with Crippen molar-refractivity contribution in [1.82, 2.24) is 9.55 Å². The average molecular weight is 370 g/mol. The first kappa shape index (κ1) is 18.5. The van der Waals surface area contributed by atoms with Crippen molar-refractivity contribution in [3.8, 4) is 0 Å². The Kier molecular flexibility index (Phi) is 5.16. The summed E-state index contributed by atoms with van der Waals surface area (Å²) in [5.74, 6) is -0.418. The topological polar surface area (TPSA) is 114 Å². The van der Waals surface area contributed by atoms with E-state index in [4.69, 9.17) is 10.2 Å². The summed E-state index contributed by atoms with van der Waals surface area (Å²) in [5, 5.41) is 0.784. The summed E-state index contributed by atoms with van der Waals surface area (Å²) in [6, 6.07) is 8.87. The molecule has 1 aromatic carbocycles. The number of nitrogens with one attached hydrogen (secondary N) is 1. The van der Waals surface area contributed by atoms with Gasteiger partial charge in [-0.2, -0.15) is 0 Å². The smallest absolute Gasteiger partial charge is 0.330 e. The van der Waals surface area contributed by atoms with E-state index in [0.29, 0.717) is 12.1 Å². The maximum absolute atomic E-state index is 13.0. The molecule has 3 N–H and O–H groups in total. The quantitative estimate of drug-likeness (QED) is 0.691. The molecule has 8 nitrogen and oxygen atoms in total. The minimum absolute atomic E-state index is 0.0245. The molecule has 0 spiro atoms. The Bertz CT molecular complexity index is 1060. The number of aromatic amines is 1. The number of fused-ring (bicyclic) bond motifs is 1. The minimum Gasteiger partial charge on any atom is -0.451 e. The monoisotopic (exact) mass is 370 g/mol. The van der Waals surface area contributed by atoms with E-state index in [-0.39, 0.29) is 23.8 Å². The van der Waals surface area contributed by atoms with E-state index in [1.807, 2.05) is 25.1 Å². The van der Waals surface area contributed by atoms with Crippen LogP contribution in [0.1, 0.15) is 37.2 Å². The van der Waals surface area contributed by atoms with Crippen LogP contribution < -0.4 is 21.9 Å². The lowest BCUT2D eigenvalue weighted by molar-refractivity contribution is 0.0963. The molecule has 0 bridgehead atoms. The Balaban J connectivity index is 2.08. The Labute approximate surface area is 155 Å². The number of hydrogen-bond donors (Lipinski definition) is 2. The Morgan fingerprint density at radius 1 is 1.26 bits per heavy atom. The van der Waals surface area contributed by atoms with Crippen LogP contribution in [0.15, 0.2) is 44.3 Å². The number of anilines is 2. The van der Waals surface area contributed by atoms with Crippen LogP contribution in [0.2, 0.25) is 0 Å². The number of nitrogens with two attached hydrogens (primary N) is 1. The summed E-state index contributed by atoms with van der Waals surface area (Å²) in [6.07, 6.45) is 1.58. The van der Waals surface area contributed by atoms with Crippen molar-refractivity contribution in [2.45, 2.75) is 33.2 Å². The number of aromatic nitrogens is 2. The number of furan rings is 1. The van der Waals surface area contributed by atoms with Gasteiger partial charge in [0.1, 0.15) is 11.4 Å². The zero-order valence-electron chi connectivity index (χ0n) is 15.3. The van der Waals surface area contributed by atoms with Crippen molar-refractivity contribution in [2.75, 3.05) is 17.2 Å². The third-order valence-corrected chi connectivity index (χ3v) is 4.42. The van der Waals surface area contributed by atoms with Crippen molar-refractivity contribution in [2.24, 2.45) is 0 Å². The summed E-state index contributed by atoms with van der Waals surface area (Å²) in [4.78, 5) is 41.0. The summed E-state index contributed by atoms with van der Waals surface area (Å²) in [7, 11) is 0. The van der Waals surface area contributed by atoms with E-state index < -0.39 is 17.2 Å². The Morgan fingerprint density at radius 3 is 2.67 bits per heavy atom. The molecule has 142 valence electrons. The highest BCUT2D eigenvalue weighted by Gasteiger charge is 2.26. The van der Waals surface area contributed by atoms with Crippen LogP contribution in [0.25, 0.3) is 11.0 Å². The van der Waals surface area contributed by atoms with Gasteiger partial charge in [0.25, 0.3) is 11.5 Å². The Hall–Kier alpha value is -3.29. The third-order valence-electron chi connectivity index (χ3n) is 4.42. The molecule has 0 aliphatic carbocycles. The van der Waals surface area contributed by atoms with E-state index in [9.17, 15) is 14.4 Å². The van der Waals surface area contributed by atoms with Crippen molar-refractivity contribution < 1.29 is 9.21 Å². The van der Waals surface area contributed by atoms with Crippen molar-refractivity contribution in [3.05, 3.63) is 56.9 Å². The molecule has 8 heteroatoms. The van der Waals surface area contributed by atoms with Crippen LogP contribution in [0.3, 0.4) is 0 Å². The molecule has 27 heavy (non-hydrogen) atoms. The van der Waals surface area contributed by atoms with Gasteiger partial charge in [-0.3, -0.25) is 24.0 Å². The molecule has 1 amide bonds. The second-order valence-corrected chi connectivity index (χ2v) is 6.20. The summed E-state index contributed by atoms with van der Waals surface area (Å²) in [5.41, 5.74) is 5.37. The van der Waals surface area contributed by atoms with Crippen LogP contribution in [0, 0.1) is 0 Å². The van der Waals surface area contributed by atoms with Gasteiger partial charge in [0, 0.05) is 18.5 Å². The van der Waals surface area contributed by atoms with Crippen LogP contribution in [-0.4, -0.2) is 22.0 Å². The first-order chi connectivity index (χ1) is 13.0. The minimum atomic E-state index is -0.698. The van der Waals surface area contributed by atoms with Gasteiger partial charge in [0.2, 0.25) is 0 Å². The van der Waals surface area contributed by atoms with Crippen LogP contribution in [-0.2, 0) is 6.54 Å². The lowest BCUT2D eigenvalue weighted by Gasteiger charge is -2.22. The van der Waals surface area contributed by atoms with E-state index in [0.717, 1.165) is 18.2 Å². The number of hydrogen-bond acceptors (Lipinski definition) is 5. The van der Waals surface area contributed by atoms with Gasteiger partial charge in [-0.05, 0) is 25.5 Å². The molecule has 0 radical (unpaired) electrons. The van der Waals surface area contributed by atoms with Gasteiger partial charge in [-0.1, -0.05) is 31.5 Å². The highest BCUT2D eigenvalue weighted by molar-refractivity contribution is 6.07. The number of rotatable bonds is 6. The molecule has 2 aromatic heterocycles. The van der Waals surface area contributed by atoms with Crippen molar-refractivity contribution in [1.29, 1.82) is 0 Å². The van der Waals surface area contributed by atoms with E-state index in [1.165, 1.54) is 9.47 Å². The van der Waals surface area contributed by atoms with E-state index in [2.05, 4.69) is 4.98 Å². The van der Waals surface area contributed by atoms with Crippen LogP contribution >= 0.6 is 0 Å². The van der Waals surface area contributed by atoms with Crippen LogP contribution in [0.4, 0.5) is 11.5 Å². The molecule has 0 aliphatic heterocycles. The molecular weight excluding hydrogens is 348 g/mol. The molecule has 0 aliphatic rings. The molecule has 3 rings (SSSR count). The number of nitrogen functional groups attached to an aromatic ring is 1. The number of para-hydroxylation sites is 1.